The van der Waals surface area contributed by atoms with Gasteiger partial charge in [-0.1, -0.05) is 6.08 Å². The molecule has 0 bridgehead atoms. The van der Waals surface area contributed by atoms with E-state index in [4.69, 9.17) is 4.74 Å². The van der Waals surface area contributed by atoms with Gasteiger partial charge >= 0.3 is 0 Å². The summed E-state index contributed by atoms with van der Waals surface area (Å²) >= 11 is 0. The van der Waals surface area contributed by atoms with Gasteiger partial charge in [0.05, 0.1) is 0 Å². The van der Waals surface area contributed by atoms with Crippen molar-refractivity contribution in [2.45, 2.75) is 58.3 Å². The van der Waals surface area contributed by atoms with Crippen molar-refractivity contribution in [2.75, 3.05) is 13.2 Å². The van der Waals surface area contributed by atoms with E-state index in [1.165, 1.54) is 51.4 Å². The lowest BCUT2D eigenvalue weighted by Gasteiger charge is -2.37. The molecule has 2 fully saturated rings. The van der Waals surface area contributed by atoms with Crippen LogP contribution >= 0.6 is 0 Å². The highest BCUT2D eigenvalue weighted by atomic mass is 16.5. The molecular weight excluding hydrogens is 220 g/mol. The van der Waals surface area contributed by atoms with Gasteiger partial charge in [0.15, 0.2) is 0 Å². The van der Waals surface area contributed by atoms with Crippen molar-refractivity contribution in [3.63, 3.8) is 0 Å². The quantitative estimate of drug-likeness (QED) is 0.636. The summed E-state index contributed by atoms with van der Waals surface area (Å²) in [4.78, 5) is 0. The van der Waals surface area contributed by atoms with E-state index in [0.717, 1.165) is 36.9 Å². The molecule has 2 aliphatic carbocycles. The Morgan fingerprint density at radius 3 is 2.00 bits per heavy atom. The van der Waals surface area contributed by atoms with Crippen LogP contribution in [0.2, 0.25) is 0 Å². The summed E-state index contributed by atoms with van der Waals surface area (Å²) in [6.45, 7) is 7.93. The van der Waals surface area contributed by atoms with E-state index in [-0.39, 0.29) is 0 Å². The second kappa shape index (κ2) is 7.33. The number of allylic oxidation sites excluding steroid dienone is 1. The van der Waals surface area contributed by atoms with Gasteiger partial charge in [0.1, 0.15) is 0 Å². The van der Waals surface area contributed by atoms with Crippen LogP contribution in [0.1, 0.15) is 58.3 Å². The van der Waals surface area contributed by atoms with Crippen molar-refractivity contribution in [3.05, 3.63) is 12.7 Å². The summed E-state index contributed by atoms with van der Waals surface area (Å²) < 4.78 is 5.57. The molecule has 0 aliphatic heterocycles. The molecule has 0 atom stereocenters. The fraction of sp³-hybridized carbons (Fsp3) is 0.882. The minimum absolute atomic E-state index is 0.815. The smallest absolute Gasteiger partial charge is 0.0494 e. The molecule has 18 heavy (non-hydrogen) atoms. The summed E-state index contributed by atoms with van der Waals surface area (Å²) in [6.07, 6.45) is 13.6. The topological polar surface area (TPSA) is 9.23 Å². The van der Waals surface area contributed by atoms with Crippen LogP contribution in [0.15, 0.2) is 12.7 Å². The second-order valence-electron chi connectivity index (χ2n) is 6.35. The lowest BCUT2D eigenvalue weighted by molar-refractivity contribution is 0.0727. The Balaban J connectivity index is 1.68. The third-order valence-corrected chi connectivity index (χ3v) is 5.27. The van der Waals surface area contributed by atoms with Crippen molar-refractivity contribution >= 4 is 0 Å². The predicted octanol–water partition coefficient (Wildman–Crippen LogP) is 4.82. The molecule has 1 nitrogen and oxygen atoms in total. The highest BCUT2D eigenvalue weighted by Crippen LogP contribution is 2.41. The number of ether oxygens (including phenoxy) is 1. The van der Waals surface area contributed by atoms with Crippen LogP contribution in [-0.4, -0.2) is 13.2 Å². The summed E-state index contributed by atoms with van der Waals surface area (Å²) in [5.74, 6) is 3.71. The van der Waals surface area contributed by atoms with Crippen LogP contribution < -0.4 is 0 Å². The van der Waals surface area contributed by atoms with Crippen LogP contribution in [0.3, 0.4) is 0 Å². The monoisotopic (exact) mass is 250 g/mol. The van der Waals surface area contributed by atoms with E-state index in [2.05, 4.69) is 19.6 Å². The number of hydrogen-bond donors (Lipinski definition) is 0. The van der Waals surface area contributed by atoms with E-state index >= 15 is 0 Å². The average molecular weight is 250 g/mol. The zero-order valence-electron chi connectivity index (χ0n) is 12.1. The number of rotatable bonds is 5. The Hall–Kier alpha value is -0.300. The van der Waals surface area contributed by atoms with Crippen LogP contribution in [0.4, 0.5) is 0 Å². The van der Waals surface area contributed by atoms with Crippen LogP contribution in [0, 0.1) is 23.7 Å². The van der Waals surface area contributed by atoms with Crippen molar-refractivity contribution < 1.29 is 4.74 Å². The zero-order valence-corrected chi connectivity index (χ0v) is 12.1. The molecule has 0 aromatic rings. The summed E-state index contributed by atoms with van der Waals surface area (Å²) in [5, 5.41) is 0. The van der Waals surface area contributed by atoms with Gasteiger partial charge in [-0.25, -0.2) is 0 Å². The van der Waals surface area contributed by atoms with Crippen molar-refractivity contribution in [1.82, 2.24) is 0 Å². The van der Waals surface area contributed by atoms with Gasteiger partial charge in [0, 0.05) is 13.2 Å². The maximum absolute atomic E-state index is 5.57. The van der Waals surface area contributed by atoms with Crippen LogP contribution in [0.5, 0.6) is 0 Å². The zero-order chi connectivity index (χ0) is 12.8. The molecule has 0 N–H and O–H groups in total. The highest BCUT2D eigenvalue weighted by molar-refractivity contribution is 4.87. The lowest BCUT2D eigenvalue weighted by Crippen LogP contribution is -2.26. The Labute approximate surface area is 113 Å². The van der Waals surface area contributed by atoms with Crippen LogP contribution in [-0.2, 0) is 4.74 Å². The Morgan fingerprint density at radius 1 is 0.944 bits per heavy atom. The number of hydrogen-bond acceptors (Lipinski definition) is 1. The second-order valence-corrected chi connectivity index (χ2v) is 6.35. The summed E-state index contributed by atoms with van der Waals surface area (Å²) in [5.41, 5.74) is 0. The molecule has 0 radical (unpaired) electrons. The van der Waals surface area contributed by atoms with E-state index in [9.17, 15) is 0 Å². The predicted molar refractivity (Wildman–Crippen MR) is 77.6 cm³/mol. The first kappa shape index (κ1) is 14.1. The Bertz CT molecular complexity index is 232. The summed E-state index contributed by atoms with van der Waals surface area (Å²) in [7, 11) is 0. The molecule has 0 aromatic heterocycles. The van der Waals surface area contributed by atoms with Crippen molar-refractivity contribution in [3.8, 4) is 0 Å². The highest BCUT2D eigenvalue weighted by Gasteiger charge is 2.30. The largest absolute Gasteiger partial charge is 0.381 e. The van der Waals surface area contributed by atoms with E-state index < -0.39 is 0 Å². The SMILES string of the molecule is C=C[C@H]1CC[C@H](C2CCC(COCC)CC2)CC1. The minimum Gasteiger partial charge on any atom is -0.381 e. The maximum Gasteiger partial charge on any atom is 0.0494 e. The molecule has 0 heterocycles. The first-order chi connectivity index (χ1) is 8.83. The lowest BCUT2D eigenvalue weighted by atomic mass is 9.69. The van der Waals surface area contributed by atoms with E-state index in [1.807, 2.05) is 0 Å². The van der Waals surface area contributed by atoms with Crippen molar-refractivity contribution in [2.24, 2.45) is 23.7 Å². The first-order valence-electron chi connectivity index (χ1n) is 8.03. The fourth-order valence-corrected chi connectivity index (χ4v) is 3.96. The Kier molecular flexibility index (Phi) is 5.75. The van der Waals surface area contributed by atoms with Gasteiger partial charge in [0.2, 0.25) is 0 Å². The molecule has 0 saturated heterocycles. The third kappa shape index (κ3) is 3.85. The average Bonchev–Trinajstić information content (AvgIpc) is 2.46. The van der Waals surface area contributed by atoms with Gasteiger partial charge in [-0.2, -0.15) is 0 Å². The van der Waals surface area contributed by atoms with Gasteiger partial charge in [-0.05, 0) is 82.0 Å². The van der Waals surface area contributed by atoms with E-state index in [1.54, 1.807) is 0 Å². The van der Waals surface area contributed by atoms with Gasteiger partial charge in [-0.3, -0.25) is 0 Å². The van der Waals surface area contributed by atoms with Gasteiger partial charge < -0.3 is 4.74 Å². The molecule has 104 valence electrons. The molecule has 2 rings (SSSR count). The molecular formula is C17H30O. The molecule has 0 aromatic carbocycles. The van der Waals surface area contributed by atoms with Crippen molar-refractivity contribution in [1.29, 1.82) is 0 Å². The first-order valence-corrected chi connectivity index (χ1v) is 8.03. The maximum atomic E-state index is 5.57. The van der Waals surface area contributed by atoms with Crippen LogP contribution in [0.25, 0.3) is 0 Å². The minimum atomic E-state index is 0.815. The molecule has 2 saturated carbocycles. The Morgan fingerprint density at radius 2 is 1.50 bits per heavy atom. The normalized spacial score (nSPS) is 37.4. The van der Waals surface area contributed by atoms with E-state index in [0.29, 0.717) is 0 Å². The molecule has 2 aliphatic rings. The van der Waals surface area contributed by atoms with Gasteiger partial charge in [0.25, 0.3) is 0 Å². The molecule has 0 amide bonds. The molecule has 0 spiro atoms. The summed E-state index contributed by atoms with van der Waals surface area (Å²) in [6, 6.07) is 0. The molecule has 1 heteroatoms. The van der Waals surface area contributed by atoms with Gasteiger partial charge in [-0.15, -0.1) is 6.58 Å². The molecule has 0 unspecified atom stereocenters. The third-order valence-electron chi connectivity index (χ3n) is 5.27. The fourth-order valence-electron chi connectivity index (χ4n) is 3.96. The standard InChI is InChI=1S/C17H30O/c1-3-14-5-9-16(10-6-14)17-11-7-15(8-12-17)13-18-4-2/h3,14-17H,1,4-13H2,2H3/t14-,15?,16-,17?.